The van der Waals surface area contributed by atoms with E-state index in [-0.39, 0.29) is 40.1 Å². The Kier molecular flexibility index (Phi) is 6.13. The van der Waals surface area contributed by atoms with E-state index in [1.807, 2.05) is 0 Å². The third-order valence-corrected chi connectivity index (χ3v) is 4.44. The van der Waals surface area contributed by atoms with E-state index in [2.05, 4.69) is 0 Å². The van der Waals surface area contributed by atoms with Gasteiger partial charge in [-0.05, 0) is 24.3 Å². The summed E-state index contributed by atoms with van der Waals surface area (Å²) >= 11 is 0. The normalized spacial score (nSPS) is 15.2. The summed E-state index contributed by atoms with van der Waals surface area (Å²) in [4.78, 5) is 23.0. The van der Waals surface area contributed by atoms with Crippen LogP contribution in [0.15, 0.2) is 45.6 Å². The molecular formula is C20H18O11. The van der Waals surface area contributed by atoms with Crippen LogP contribution in [0.2, 0.25) is 0 Å². The summed E-state index contributed by atoms with van der Waals surface area (Å²) < 4.78 is 10.5. The van der Waals surface area contributed by atoms with Crippen LogP contribution in [0.4, 0.5) is 0 Å². The van der Waals surface area contributed by atoms with Crippen LogP contribution in [0.5, 0.6) is 23.0 Å². The molecule has 0 bridgehead atoms. The monoisotopic (exact) mass is 434 g/mol. The molecule has 4 atom stereocenters. The molecule has 11 nitrogen and oxygen atoms in total. The second-order valence-electron chi connectivity index (χ2n) is 6.59. The van der Waals surface area contributed by atoms with E-state index in [0.717, 1.165) is 12.1 Å². The second kappa shape index (κ2) is 8.62. The van der Waals surface area contributed by atoms with Gasteiger partial charge in [-0.25, -0.2) is 0 Å². The Morgan fingerprint density at radius 2 is 1.58 bits per heavy atom. The standard InChI is InChI=1S/C20H18O11/c21-7-12(24)15(25)18(28)20(29)30-10-5-11(23)14-13(6-10)31-19(17(27)16(14)26)8-1-3-9(22)4-2-8/h1-7,12,15,18,20,22-25,27-29H. The van der Waals surface area contributed by atoms with E-state index in [1.165, 1.54) is 24.3 Å². The van der Waals surface area contributed by atoms with E-state index < -0.39 is 41.5 Å². The van der Waals surface area contributed by atoms with Crippen molar-refractivity contribution in [3.8, 4) is 34.3 Å². The zero-order chi connectivity index (χ0) is 22.9. The van der Waals surface area contributed by atoms with Gasteiger partial charge in [0, 0.05) is 17.7 Å². The highest BCUT2D eigenvalue weighted by Gasteiger charge is 2.32. The third-order valence-electron chi connectivity index (χ3n) is 4.44. The molecule has 0 radical (unpaired) electrons. The van der Waals surface area contributed by atoms with Crippen LogP contribution < -0.4 is 10.2 Å². The minimum atomic E-state index is -2.14. The average molecular weight is 434 g/mol. The summed E-state index contributed by atoms with van der Waals surface area (Å²) in [6.45, 7) is 0. The number of aromatic hydroxyl groups is 3. The molecule has 0 aliphatic carbocycles. The number of ether oxygens (including phenoxy) is 1. The molecule has 11 heteroatoms. The van der Waals surface area contributed by atoms with Crippen molar-refractivity contribution in [2.45, 2.75) is 24.6 Å². The van der Waals surface area contributed by atoms with Gasteiger partial charge in [-0.3, -0.25) is 4.79 Å². The van der Waals surface area contributed by atoms with Gasteiger partial charge in [0.25, 0.3) is 0 Å². The van der Waals surface area contributed by atoms with Gasteiger partial charge >= 0.3 is 0 Å². The molecule has 3 rings (SSSR count). The lowest BCUT2D eigenvalue weighted by Crippen LogP contribution is -2.47. The summed E-state index contributed by atoms with van der Waals surface area (Å²) in [7, 11) is 0. The number of rotatable bonds is 7. The van der Waals surface area contributed by atoms with Crippen molar-refractivity contribution in [3.05, 3.63) is 46.6 Å². The van der Waals surface area contributed by atoms with E-state index in [4.69, 9.17) is 9.15 Å². The first-order valence-corrected chi connectivity index (χ1v) is 8.80. The highest BCUT2D eigenvalue weighted by Crippen LogP contribution is 2.36. The average Bonchev–Trinajstić information content (AvgIpc) is 2.74. The van der Waals surface area contributed by atoms with Gasteiger partial charge < -0.3 is 49.7 Å². The van der Waals surface area contributed by atoms with E-state index >= 15 is 0 Å². The first-order chi connectivity index (χ1) is 14.6. The van der Waals surface area contributed by atoms with Crippen molar-refractivity contribution in [2.24, 2.45) is 0 Å². The second-order valence-corrected chi connectivity index (χ2v) is 6.59. The van der Waals surface area contributed by atoms with Gasteiger partial charge in [0.2, 0.25) is 17.5 Å². The van der Waals surface area contributed by atoms with Crippen molar-refractivity contribution in [1.82, 2.24) is 0 Å². The number of carbonyl (C=O) groups excluding carboxylic acids is 1. The van der Waals surface area contributed by atoms with Crippen LogP contribution in [0.1, 0.15) is 0 Å². The Morgan fingerprint density at radius 3 is 2.19 bits per heavy atom. The maximum Gasteiger partial charge on any atom is 0.238 e. The van der Waals surface area contributed by atoms with Crippen LogP contribution in [-0.4, -0.2) is 66.6 Å². The van der Waals surface area contributed by atoms with Crippen molar-refractivity contribution < 1.29 is 49.7 Å². The maximum atomic E-state index is 12.5. The summed E-state index contributed by atoms with van der Waals surface area (Å²) in [5, 5.41) is 67.9. The number of fused-ring (bicyclic) bond motifs is 1. The molecule has 0 aliphatic heterocycles. The molecule has 31 heavy (non-hydrogen) atoms. The molecule has 164 valence electrons. The lowest BCUT2D eigenvalue weighted by Gasteiger charge is -2.24. The number of carbonyl (C=O) groups is 1. The molecule has 0 amide bonds. The topological polar surface area (TPSA) is 198 Å². The third kappa shape index (κ3) is 4.29. The molecule has 0 fully saturated rings. The number of hydrogen-bond donors (Lipinski definition) is 7. The number of phenolic OH excluding ortho intramolecular Hbond substituents is 2. The molecular weight excluding hydrogens is 416 g/mol. The predicted molar refractivity (Wildman–Crippen MR) is 104 cm³/mol. The Bertz CT molecular complexity index is 1150. The van der Waals surface area contributed by atoms with E-state index in [9.17, 15) is 45.3 Å². The zero-order valence-corrected chi connectivity index (χ0v) is 15.6. The van der Waals surface area contributed by atoms with Gasteiger partial charge in [0.1, 0.15) is 46.5 Å². The Balaban J connectivity index is 2.02. The molecule has 4 unspecified atom stereocenters. The molecule has 2 aromatic carbocycles. The molecule has 1 heterocycles. The molecule has 1 aromatic heterocycles. The molecule has 0 saturated carbocycles. The van der Waals surface area contributed by atoms with Crippen molar-refractivity contribution in [2.75, 3.05) is 0 Å². The van der Waals surface area contributed by atoms with Crippen molar-refractivity contribution in [1.29, 1.82) is 0 Å². The fourth-order valence-electron chi connectivity index (χ4n) is 2.80. The van der Waals surface area contributed by atoms with Crippen molar-refractivity contribution in [3.63, 3.8) is 0 Å². The predicted octanol–water partition coefficient (Wildman–Crippen LogP) is -0.444. The maximum absolute atomic E-state index is 12.5. The first kappa shape index (κ1) is 22.1. The van der Waals surface area contributed by atoms with Gasteiger partial charge in [-0.15, -0.1) is 0 Å². The molecule has 0 aliphatic rings. The van der Waals surface area contributed by atoms with Gasteiger partial charge in [0.05, 0.1) is 0 Å². The SMILES string of the molecule is O=CC(O)C(O)C(O)C(O)Oc1cc(O)c2c(=O)c(O)c(-c3ccc(O)cc3)oc2c1. The minimum Gasteiger partial charge on any atom is -0.508 e. The highest BCUT2D eigenvalue weighted by molar-refractivity contribution is 5.88. The van der Waals surface area contributed by atoms with E-state index in [1.54, 1.807) is 0 Å². The van der Waals surface area contributed by atoms with Crippen LogP contribution in [0.3, 0.4) is 0 Å². The van der Waals surface area contributed by atoms with E-state index in [0.29, 0.717) is 0 Å². The fourth-order valence-corrected chi connectivity index (χ4v) is 2.80. The number of benzene rings is 2. The molecule has 7 N–H and O–H groups in total. The number of aldehydes is 1. The van der Waals surface area contributed by atoms with Crippen LogP contribution in [-0.2, 0) is 4.79 Å². The van der Waals surface area contributed by atoms with Crippen LogP contribution >= 0.6 is 0 Å². The largest absolute Gasteiger partial charge is 0.508 e. The number of hydrogen-bond acceptors (Lipinski definition) is 11. The quantitative estimate of drug-likeness (QED) is 0.188. The fraction of sp³-hybridized carbons (Fsp3) is 0.200. The molecule has 0 spiro atoms. The summed E-state index contributed by atoms with van der Waals surface area (Å²) in [5.74, 6) is -2.10. The smallest absolute Gasteiger partial charge is 0.238 e. The Morgan fingerprint density at radius 1 is 0.935 bits per heavy atom. The van der Waals surface area contributed by atoms with Crippen LogP contribution in [0.25, 0.3) is 22.3 Å². The highest BCUT2D eigenvalue weighted by atomic mass is 16.6. The zero-order valence-electron chi connectivity index (χ0n) is 15.6. The lowest BCUT2D eigenvalue weighted by atomic mass is 10.1. The first-order valence-electron chi connectivity index (χ1n) is 8.80. The molecule has 0 saturated heterocycles. The summed E-state index contributed by atoms with van der Waals surface area (Å²) in [6, 6.07) is 7.30. The summed E-state index contributed by atoms with van der Waals surface area (Å²) in [6.07, 6.45) is -8.32. The molecule has 3 aromatic rings. The van der Waals surface area contributed by atoms with Crippen molar-refractivity contribution >= 4 is 17.3 Å². The van der Waals surface area contributed by atoms with Crippen LogP contribution in [0, 0.1) is 0 Å². The number of aliphatic hydroxyl groups is 4. The summed E-state index contributed by atoms with van der Waals surface area (Å²) in [5.41, 5.74) is -0.976. The Hall–Kier alpha value is -3.64. The Labute approximate surface area is 173 Å². The van der Waals surface area contributed by atoms with Gasteiger partial charge in [-0.1, -0.05) is 0 Å². The van der Waals surface area contributed by atoms with Gasteiger partial charge in [-0.2, -0.15) is 0 Å². The number of phenols is 2. The lowest BCUT2D eigenvalue weighted by molar-refractivity contribution is -0.166. The minimum absolute atomic E-state index is 0.0472. The number of aliphatic hydroxyl groups excluding tert-OH is 4. The van der Waals surface area contributed by atoms with Gasteiger partial charge in [0.15, 0.2) is 12.0 Å².